The molecule has 0 aliphatic carbocycles. The van der Waals surface area contributed by atoms with Crippen molar-refractivity contribution in [3.8, 4) is 5.95 Å². The van der Waals surface area contributed by atoms with E-state index in [0.717, 1.165) is 12.1 Å². The first-order chi connectivity index (χ1) is 12.5. The van der Waals surface area contributed by atoms with E-state index in [1.54, 1.807) is 25.4 Å². The topological polar surface area (TPSA) is 97.6 Å². The molecule has 0 bridgehead atoms. The van der Waals surface area contributed by atoms with Crippen LogP contribution in [0, 0.1) is 11.6 Å². The third kappa shape index (κ3) is 3.82. The molecule has 3 aromatic rings. The molecule has 2 amide bonds. The maximum atomic E-state index is 13.8. The first kappa shape index (κ1) is 17.9. The zero-order valence-electron chi connectivity index (χ0n) is 13.3. The molecule has 2 N–H and O–H groups in total. The summed E-state index contributed by atoms with van der Waals surface area (Å²) in [6, 6.07) is 2.12. The van der Waals surface area contributed by atoms with Crippen LogP contribution in [0.4, 0.5) is 19.3 Å². The second kappa shape index (κ2) is 7.52. The molecule has 0 aliphatic heterocycles. The molecule has 0 spiro atoms. The van der Waals surface area contributed by atoms with Crippen molar-refractivity contribution >= 4 is 27.6 Å². The number of anilines is 1. The maximum absolute atomic E-state index is 13.8. The molecule has 2 heterocycles. The van der Waals surface area contributed by atoms with Gasteiger partial charge in [-0.05, 0) is 35.0 Å². The first-order valence-electron chi connectivity index (χ1n) is 7.35. The van der Waals surface area contributed by atoms with Crippen molar-refractivity contribution < 1.29 is 13.6 Å². The molecule has 1 atom stereocenters. The van der Waals surface area contributed by atoms with Gasteiger partial charge in [-0.1, -0.05) is 0 Å². The fraction of sp³-hybridized carbons (Fsp3) is 0.133. The molecule has 8 nitrogen and oxygen atoms in total. The van der Waals surface area contributed by atoms with Gasteiger partial charge in [-0.25, -0.2) is 28.5 Å². The summed E-state index contributed by atoms with van der Waals surface area (Å²) in [4.78, 5) is 24.3. The highest BCUT2D eigenvalue weighted by molar-refractivity contribution is 9.10. The molecular formula is C15H12BrF2N7O. The molecule has 0 radical (unpaired) electrons. The number of hydrogen-bond donors (Lipinski definition) is 2. The van der Waals surface area contributed by atoms with E-state index in [0.29, 0.717) is 5.82 Å². The second-order valence-corrected chi connectivity index (χ2v) is 6.00. The van der Waals surface area contributed by atoms with Gasteiger partial charge in [0.2, 0.25) is 0 Å². The molecule has 134 valence electrons. The number of rotatable bonds is 4. The zero-order valence-corrected chi connectivity index (χ0v) is 14.9. The molecule has 1 aromatic carbocycles. The Morgan fingerprint density at radius 3 is 2.65 bits per heavy atom. The van der Waals surface area contributed by atoms with Crippen LogP contribution in [0.25, 0.3) is 5.95 Å². The van der Waals surface area contributed by atoms with E-state index in [9.17, 15) is 13.6 Å². The van der Waals surface area contributed by atoms with E-state index in [2.05, 4.69) is 46.6 Å². The summed E-state index contributed by atoms with van der Waals surface area (Å²) < 4.78 is 28.6. The number of hydrogen-bond acceptors (Lipinski definition) is 5. The molecule has 0 fully saturated rings. The van der Waals surface area contributed by atoms with Crippen molar-refractivity contribution in [2.75, 3.05) is 5.32 Å². The summed E-state index contributed by atoms with van der Waals surface area (Å²) in [6.45, 7) is 1.65. The van der Waals surface area contributed by atoms with E-state index in [1.807, 2.05) is 0 Å². The first-order valence-corrected chi connectivity index (χ1v) is 8.14. The standard InChI is InChI=1S/C15H12BrF2N7O/c1-8(13-21-7-22-25(13)14-19-3-2-4-20-14)23-15(26)24-12-6-10(17)9(16)5-11(12)18/h2-8H,1H3,(H2,23,24,26). The van der Waals surface area contributed by atoms with Crippen molar-refractivity contribution in [2.45, 2.75) is 13.0 Å². The normalized spacial score (nSPS) is 11.8. The number of nitrogens with one attached hydrogen (secondary N) is 2. The predicted octanol–water partition coefficient (Wildman–Crippen LogP) is 2.98. The lowest BCUT2D eigenvalue weighted by Crippen LogP contribution is -2.33. The zero-order chi connectivity index (χ0) is 18.7. The van der Waals surface area contributed by atoms with Crippen LogP contribution < -0.4 is 10.6 Å². The van der Waals surface area contributed by atoms with Crippen molar-refractivity contribution in [1.82, 2.24) is 30.0 Å². The highest BCUT2D eigenvalue weighted by atomic mass is 79.9. The number of benzene rings is 1. The minimum Gasteiger partial charge on any atom is -0.328 e. The van der Waals surface area contributed by atoms with Crippen LogP contribution in [0.5, 0.6) is 0 Å². The quantitative estimate of drug-likeness (QED) is 0.628. The lowest BCUT2D eigenvalue weighted by Gasteiger charge is -2.15. The summed E-state index contributed by atoms with van der Waals surface area (Å²) >= 11 is 2.87. The Balaban J connectivity index is 1.73. The number of aromatic nitrogens is 5. The molecular weight excluding hydrogens is 412 g/mol. The Morgan fingerprint density at radius 2 is 1.92 bits per heavy atom. The highest BCUT2D eigenvalue weighted by Gasteiger charge is 2.19. The summed E-state index contributed by atoms with van der Waals surface area (Å²) in [5.74, 6) is -0.818. The SMILES string of the molecule is CC(NC(=O)Nc1cc(F)c(Br)cc1F)c1ncnn1-c1ncccn1. The molecule has 3 rings (SSSR count). The smallest absolute Gasteiger partial charge is 0.319 e. The molecule has 2 aromatic heterocycles. The number of carbonyl (C=O) groups excluding carboxylic acids is 1. The number of amides is 2. The van der Waals surface area contributed by atoms with Crippen molar-refractivity contribution in [3.05, 3.63) is 58.9 Å². The largest absolute Gasteiger partial charge is 0.328 e. The molecule has 0 saturated carbocycles. The van der Waals surface area contributed by atoms with Crippen LogP contribution >= 0.6 is 15.9 Å². The van der Waals surface area contributed by atoms with Gasteiger partial charge in [0, 0.05) is 18.5 Å². The Kier molecular flexibility index (Phi) is 5.16. The molecule has 0 aliphatic rings. The summed E-state index contributed by atoms with van der Waals surface area (Å²) in [5.41, 5.74) is -0.289. The highest BCUT2D eigenvalue weighted by Crippen LogP contribution is 2.23. The minimum absolute atomic E-state index is 0.0368. The van der Waals surface area contributed by atoms with E-state index >= 15 is 0 Å². The van der Waals surface area contributed by atoms with Gasteiger partial charge in [-0.15, -0.1) is 0 Å². The van der Waals surface area contributed by atoms with Crippen LogP contribution in [-0.4, -0.2) is 30.8 Å². The summed E-state index contributed by atoms with van der Waals surface area (Å²) in [5, 5.41) is 8.86. The third-order valence-corrected chi connectivity index (χ3v) is 3.92. The fourth-order valence-corrected chi connectivity index (χ4v) is 2.45. The van der Waals surface area contributed by atoms with Gasteiger partial charge in [0.15, 0.2) is 5.82 Å². The maximum Gasteiger partial charge on any atom is 0.319 e. The molecule has 26 heavy (non-hydrogen) atoms. The average Bonchev–Trinajstić information content (AvgIpc) is 3.10. The second-order valence-electron chi connectivity index (χ2n) is 5.15. The number of carbonyl (C=O) groups is 1. The summed E-state index contributed by atoms with van der Waals surface area (Å²) in [6.07, 6.45) is 4.39. The summed E-state index contributed by atoms with van der Waals surface area (Å²) in [7, 11) is 0. The van der Waals surface area contributed by atoms with Gasteiger partial charge in [0.1, 0.15) is 18.0 Å². The average molecular weight is 424 g/mol. The number of urea groups is 1. The van der Waals surface area contributed by atoms with E-state index in [4.69, 9.17) is 0 Å². The van der Waals surface area contributed by atoms with Gasteiger partial charge in [0.05, 0.1) is 16.2 Å². The minimum atomic E-state index is -0.776. The van der Waals surface area contributed by atoms with Gasteiger partial charge >= 0.3 is 6.03 Å². The van der Waals surface area contributed by atoms with Crippen LogP contribution in [0.3, 0.4) is 0 Å². The van der Waals surface area contributed by atoms with E-state index < -0.39 is 23.7 Å². The van der Waals surface area contributed by atoms with Gasteiger partial charge in [0.25, 0.3) is 5.95 Å². The van der Waals surface area contributed by atoms with E-state index in [1.165, 1.54) is 11.0 Å². The van der Waals surface area contributed by atoms with E-state index in [-0.39, 0.29) is 16.1 Å². The van der Waals surface area contributed by atoms with Gasteiger partial charge in [-0.3, -0.25) is 0 Å². The van der Waals surface area contributed by atoms with Gasteiger partial charge in [-0.2, -0.15) is 9.78 Å². The van der Waals surface area contributed by atoms with Crippen LogP contribution in [0.2, 0.25) is 0 Å². The number of halogens is 3. The Bertz CT molecular complexity index is 935. The van der Waals surface area contributed by atoms with Crippen LogP contribution in [-0.2, 0) is 0 Å². The van der Waals surface area contributed by atoms with Crippen LogP contribution in [0.1, 0.15) is 18.8 Å². The van der Waals surface area contributed by atoms with Crippen molar-refractivity contribution in [2.24, 2.45) is 0 Å². The van der Waals surface area contributed by atoms with Crippen molar-refractivity contribution in [1.29, 1.82) is 0 Å². The fourth-order valence-electron chi connectivity index (χ4n) is 2.14. The Morgan fingerprint density at radius 1 is 1.19 bits per heavy atom. The lowest BCUT2D eigenvalue weighted by molar-refractivity contribution is 0.248. The van der Waals surface area contributed by atoms with Gasteiger partial charge < -0.3 is 10.6 Å². The van der Waals surface area contributed by atoms with Crippen molar-refractivity contribution in [3.63, 3.8) is 0 Å². The predicted molar refractivity (Wildman–Crippen MR) is 91.6 cm³/mol. The third-order valence-electron chi connectivity index (χ3n) is 3.31. The lowest BCUT2D eigenvalue weighted by atomic mass is 10.3. The molecule has 11 heteroatoms. The Labute approximate surface area is 154 Å². The van der Waals surface area contributed by atoms with Crippen LogP contribution in [0.15, 0.2) is 41.4 Å². The number of nitrogens with zero attached hydrogens (tertiary/aromatic N) is 5. The molecule has 0 saturated heterocycles. The molecule has 1 unspecified atom stereocenters. The Hall–Kier alpha value is -2.95. The monoisotopic (exact) mass is 423 g/mol.